The predicted octanol–water partition coefficient (Wildman–Crippen LogP) is 5.10. The molecule has 0 spiro atoms. The molecule has 2 aromatic rings. The number of carbonyl (C=O) groups excluding carboxylic acids is 1. The van der Waals surface area contributed by atoms with Crippen LogP contribution in [0.25, 0.3) is 0 Å². The molecule has 166 valence electrons. The summed E-state index contributed by atoms with van der Waals surface area (Å²) in [4.78, 5) is 12.2. The van der Waals surface area contributed by atoms with E-state index in [1.807, 2.05) is 0 Å². The van der Waals surface area contributed by atoms with Crippen LogP contribution in [0.2, 0.25) is 5.04 Å². The number of rotatable bonds is 7. The van der Waals surface area contributed by atoms with Gasteiger partial charge < -0.3 is 9.16 Å². The monoisotopic (exact) mass is 436 g/mol. The topological polar surface area (TPSA) is 35.5 Å². The van der Waals surface area contributed by atoms with Crippen molar-refractivity contribution in [3.05, 3.63) is 72.8 Å². The Morgan fingerprint density at radius 2 is 1.55 bits per heavy atom. The van der Waals surface area contributed by atoms with Crippen molar-refractivity contribution in [3.8, 4) is 0 Å². The molecule has 1 aliphatic carbocycles. The molecule has 2 aromatic carbocycles. The zero-order chi connectivity index (χ0) is 22.5. The van der Waals surface area contributed by atoms with Gasteiger partial charge in [-0.3, -0.25) is 4.79 Å². The third kappa shape index (κ3) is 4.86. The third-order valence-electron chi connectivity index (χ3n) is 6.85. The number of hydrogen-bond acceptors (Lipinski definition) is 3. The predicted molar refractivity (Wildman–Crippen MR) is 130 cm³/mol. The largest absolute Gasteiger partial charge is 0.469 e. The number of carbonyl (C=O) groups is 1. The maximum Gasteiger partial charge on any atom is 0.306 e. The summed E-state index contributed by atoms with van der Waals surface area (Å²) in [5, 5.41) is 2.52. The van der Waals surface area contributed by atoms with Crippen molar-refractivity contribution in [2.45, 2.75) is 52.0 Å². The van der Waals surface area contributed by atoms with Gasteiger partial charge in [-0.1, -0.05) is 101 Å². The van der Waals surface area contributed by atoms with E-state index in [4.69, 9.17) is 9.16 Å². The van der Waals surface area contributed by atoms with Crippen LogP contribution in [-0.2, 0) is 14.0 Å². The molecule has 0 aromatic heterocycles. The van der Waals surface area contributed by atoms with Gasteiger partial charge >= 0.3 is 5.97 Å². The molecule has 0 bridgehead atoms. The van der Waals surface area contributed by atoms with Crippen molar-refractivity contribution >= 4 is 24.7 Å². The number of hydrogen-bond donors (Lipinski definition) is 0. The van der Waals surface area contributed by atoms with E-state index in [1.165, 1.54) is 17.5 Å². The first-order valence-corrected chi connectivity index (χ1v) is 13.1. The van der Waals surface area contributed by atoms with Gasteiger partial charge in [0.1, 0.15) is 0 Å². The van der Waals surface area contributed by atoms with Gasteiger partial charge in [0.15, 0.2) is 0 Å². The highest BCUT2D eigenvalue weighted by molar-refractivity contribution is 6.99. The highest BCUT2D eigenvalue weighted by atomic mass is 28.4. The molecular formula is C27H36O3Si. The lowest BCUT2D eigenvalue weighted by Gasteiger charge is -2.46. The minimum absolute atomic E-state index is 0.0566. The molecule has 0 fully saturated rings. The van der Waals surface area contributed by atoms with E-state index in [2.05, 4.69) is 101 Å². The van der Waals surface area contributed by atoms with E-state index in [9.17, 15) is 4.79 Å². The van der Waals surface area contributed by atoms with Gasteiger partial charge in [-0.15, -0.1) is 0 Å². The van der Waals surface area contributed by atoms with Gasteiger partial charge in [-0.25, -0.2) is 0 Å². The molecule has 2 atom stereocenters. The van der Waals surface area contributed by atoms with E-state index in [-0.39, 0.29) is 22.3 Å². The van der Waals surface area contributed by atoms with Gasteiger partial charge in [0.05, 0.1) is 13.5 Å². The number of esters is 1. The number of benzene rings is 2. The van der Waals surface area contributed by atoms with Crippen molar-refractivity contribution in [3.63, 3.8) is 0 Å². The van der Waals surface area contributed by atoms with Crippen molar-refractivity contribution in [1.82, 2.24) is 0 Å². The second kappa shape index (κ2) is 9.54. The second-order valence-corrected chi connectivity index (χ2v) is 14.3. The van der Waals surface area contributed by atoms with Crippen LogP contribution >= 0.6 is 0 Å². The molecule has 4 heteroatoms. The first-order chi connectivity index (χ1) is 14.7. The quantitative estimate of drug-likeness (QED) is 0.344. The first-order valence-electron chi connectivity index (χ1n) is 11.2. The van der Waals surface area contributed by atoms with Crippen LogP contribution < -0.4 is 10.4 Å². The first kappa shape index (κ1) is 23.5. The molecule has 0 saturated heterocycles. The van der Waals surface area contributed by atoms with Crippen LogP contribution in [0.15, 0.2) is 72.8 Å². The smallest absolute Gasteiger partial charge is 0.306 e. The molecule has 0 radical (unpaired) electrons. The van der Waals surface area contributed by atoms with Crippen molar-refractivity contribution in [2.75, 3.05) is 13.7 Å². The van der Waals surface area contributed by atoms with Crippen molar-refractivity contribution in [2.24, 2.45) is 11.3 Å². The summed E-state index contributed by atoms with van der Waals surface area (Å²) in [6.45, 7) is 9.73. The van der Waals surface area contributed by atoms with Crippen LogP contribution in [0.3, 0.4) is 0 Å². The molecule has 0 heterocycles. The van der Waals surface area contributed by atoms with Crippen LogP contribution in [0, 0.1) is 11.3 Å². The highest BCUT2D eigenvalue weighted by Crippen LogP contribution is 2.43. The Morgan fingerprint density at radius 1 is 1.00 bits per heavy atom. The fourth-order valence-corrected chi connectivity index (χ4v) is 9.55. The zero-order valence-electron chi connectivity index (χ0n) is 19.6. The molecule has 3 rings (SSSR count). The molecule has 0 unspecified atom stereocenters. The standard InChI is InChI=1S/C27H36O3Si/c1-26(2,3)31(23-15-8-6-9-16-23,24-17-10-7-11-18-24)30-21-22-14-12-13-19-27(22,4)20-25(28)29-5/h6-13,15-18,22H,14,19-21H2,1-5H3/t22-,27-/m0/s1. The van der Waals surface area contributed by atoms with E-state index in [1.54, 1.807) is 0 Å². The average Bonchev–Trinajstić information content (AvgIpc) is 2.75. The van der Waals surface area contributed by atoms with E-state index in [0.29, 0.717) is 13.0 Å². The van der Waals surface area contributed by atoms with Gasteiger partial charge in [0.25, 0.3) is 8.32 Å². The van der Waals surface area contributed by atoms with E-state index < -0.39 is 8.32 Å². The van der Waals surface area contributed by atoms with Crippen LogP contribution in [0.5, 0.6) is 0 Å². The van der Waals surface area contributed by atoms with Crippen LogP contribution in [0.4, 0.5) is 0 Å². The highest BCUT2D eigenvalue weighted by Gasteiger charge is 2.51. The second-order valence-electron chi connectivity index (χ2n) is 9.99. The molecule has 0 saturated carbocycles. The maximum absolute atomic E-state index is 12.2. The molecule has 0 aliphatic heterocycles. The number of methoxy groups -OCH3 is 1. The Balaban J connectivity index is 2.01. The summed E-state index contributed by atoms with van der Waals surface area (Å²) in [6, 6.07) is 21.5. The summed E-state index contributed by atoms with van der Waals surface area (Å²) in [5.41, 5.74) is -0.159. The minimum atomic E-state index is -2.58. The van der Waals surface area contributed by atoms with Crippen LogP contribution in [-0.4, -0.2) is 28.0 Å². The summed E-state index contributed by atoms with van der Waals surface area (Å²) in [5.74, 6) is 0.117. The summed E-state index contributed by atoms with van der Waals surface area (Å²) in [6.07, 6.45) is 6.64. The lowest BCUT2D eigenvalue weighted by Crippen LogP contribution is -2.67. The summed E-state index contributed by atoms with van der Waals surface area (Å²) < 4.78 is 12.2. The Bertz CT molecular complexity index is 846. The number of allylic oxidation sites excluding steroid dienone is 2. The third-order valence-corrected chi connectivity index (χ3v) is 11.9. The Hall–Kier alpha value is -2.17. The Kier molecular flexibility index (Phi) is 7.23. The Labute approximate surface area is 188 Å². The average molecular weight is 437 g/mol. The molecule has 0 N–H and O–H groups in total. The van der Waals surface area contributed by atoms with Crippen molar-refractivity contribution < 1.29 is 14.0 Å². The van der Waals surface area contributed by atoms with Gasteiger partial charge in [0.2, 0.25) is 0 Å². The van der Waals surface area contributed by atoms with Crippen molar-refractivity contribution in [1.29, 1.82) is 0 Å². The molecular weight excluding hydrogens is 400 g/mol. The van der Waals surface area contributed by atoms with Gasteiger partial charge in [0, 0.05) is 6.61 Å². The molecule has 1 aliphatic rings. The van der Waals surface area contributed by atoms with Crippen LogP contribution in [0.1, 0.15) is 47.0 Å². The lowest BCUT2D eigenvalue weighted by atomic mass is 9.68. The fourth-order valence-electron chi connectivity index (χ4n) is 4.94. The molecule has 31 heavy (non-hydrogen) atoms. The normalized spacial score (nSPS) is 21.6. The SMILES string of the molecule is COC(=O)C[C@]1(C)CC=CC[C@H]1CO[Si](c1ccccc1)(c1ccccc1)C(C)(C)C. The lowest BCUT2D eigenvalue weighted by molar-refractivity contribution is -0.144. The van der Waals surface area contributed by atoms with Gasteiger partial charge in [-0.2, -0.15) is 0 Å². The zero-order valence-corrected chi connectivity index (χ0v) is 20.6. The maximum atomic E-state index is 12.2. The summed E-state index contributed by atoms with van der Waals surface area (Å²) >= 11 is 0. The fraction of sp³-hybridized carbons (Fsp3) is 0.444. The molecule has 0 amide bonds. The molecule has 3 nitrogen and oxygen atoms in total. The van der Waals surface area contributed by atoms with E-state index in [0.717, 1.165) is 12.8 Å². The Morgan fingerprint density at radius 3 is 2.03 bits per heavy atom. The van der Waals surface area contributed by atoms with E-state index >= 15 is 0 Å². The minimum Gasteiger partial charge on any atom is -0.469 e. The van der Waals surface area contributed by atoms with Gasteiger partial charge in [-0.05, 0) is 39.6 Å². The summed E-state index contributed by atoms with van der Waals surface area (Å²) in [7, 11) is -1.11. The number of ether oxygens (including phenoxy) is 1.